The van der Waals surface area contributed by atoms with Crippen molar-refractivity contribution in [2.75, 3.05) is 36.5 Å². The van der Waals surface area contributed by atoms with Crippen molar-refractivity contribution < 1.29 is 28.8 Å². The van der Waals surface area contributed by atoms with E-state index >= 15 is 0 Å². The lowest BCUT2D eigenvalue weighted by Crippen LogP contribution is -2.25. The minimum atomic E-state index is -0.830. The lowest BCUT2D eigenvalue weighted by atomic mass is 10.1. The third-order valence-corrected chi connectivity index (χ3v) is 5.62. The lowest BCUT2D eigenvalue weighted by Gasteiger charge is -2.22. The van der Waals surface area contributed by atoms with Crippen LogP contribution < -0.4 is 15.0 Å². The Labute approximate surface area is 189 Å². The van der Waals surface area contributed by atoms with E-state index in [1.807, 2.05) is 4.90 Å². The van der Waals surface area contributed by atoms with Crippen molar-refractivity contribution in [1.82, 2.24) is 0 Å². The number of ether oxygens (including phenoxy) is 2. The van der Waals surface area contributed by atoms with Crippen molar-refractivity contribution in [2.45, 2.75) is 25.7 Å². The molecule has 0 radical (unpaired) electrons. The highest BCUT2D eigenvalue weighted by atomic mass is 16.6. The molecule has 2 heterocycles. The van der Waals surface area contributed by atoms with Gasteiger partial charge < -0.3 is 19.7 Å². The lowest BCUT2D eigenvalue weighted by molar-refractivity contribution is -0.384. The minimum absolute atomic E-state index is 0.000763. The van der Waals surface area contributed by atoms with E-state index in [1.54, 1.807) is 12.1 Å². The van der Waals surface area contributed by atoms with Gasteiger partial charge in [-0.25, -0.2) is 4.79 Å². The molecule has 2 aromatic rings. The average Bonchev–Trinajstić information content (AvgIpc) is 3.11. The maximum absolute atomic E-state index is 12.5. The number of esters is 1. The first-order valence-electron chi connectivity index (χ1n) is 10.7. The fourth-order valence-corrected chi connectivity index (χ4v) is 3.93. The van der Waals surface area contributed by atoms with Crippen molar-refractivity contribution in [2.24, 2.45) is 0 Å². The Bertz CT molecular complexity index is 1110. The van der Waals surface area contributed by atoms with Crippen LogP contribution in [-0.2, 0) is 9.53 Å². The molecule has 1 fully saturated rings. The van der Waals surface area contributed by atoms with Gasteiger partial charge >= 0.3 is 5.97 Å². The van der Waals surface area contributed by atoms with Crippen molar-refractivity contribution in [3.05, 3.63) is 57.6 Å². The van der Waals surface area contributed by atoms with Crippen LogP contribution >= 0.6 is 0 Å². The largest absolute Gasteiger partial charge is 0.482 e. The van der Waals surface area contributed by atoms with E-state index in [4.69, 9.17) is 9.47 Å². The van der Waals surface area contributed by atoms with Crippen molar-refractivity contribution in [3.63, 3.8) is 0 Å². The molecule has 0 aromatic heterocycles. The van der Waals surface area contributed by atoms with Crippen LogP contribution in [-0.4, -0.2) is 48.9 Å². The molecule has 10 nitrogen and oxygen atoms in total. The zero-order valence-electron chi connectivity index (χ0n) is 17.9. The van der Waals surface area contributed by atoms with Gasteiger partial charge in [-0.15, -0.1) is 0 Å². The zero-order valence-corrected chi connectivity index (χ0v) is 17.9. The Morgan fingerprint density at radius 1 is 1.06 bits per heavy atom. The number of rotatable bonds is 6. The number of fused-ring (bicyclic) bond motifs is 1. The summed E-state index contributed by atoms with van der Waals surface area (Å²) in [6.07, 6.45) is 4.10. The normalized spacial score (nSPS) is 15.5. The number of carbonyl (C=O) groups excluding carboxylic acids is 3. The number of nitrogens with one attached hydrogen (secondary N) is 1. The third kappa shape index (κ3) is 5.11. The molecular formula is C23H23N3O7. The molecule has 1 saturated heterocycles. The summed E-state index contributed by atoms with van der Waals surface area (Å²) in [4.78, 5) is 49.5. The van der Waals surface area contributed by atoms with Crippen LogP contribution in [0, 0.1) is 10.1 Å². The quantitative estimate of drug-likeness (QED) is 0.305. The summed E-state index contributed by atoms with van der Waals surface area (Å²) in [6.45, 7) is 0.811. The van der Waals surface area contributed by atoms with Crippen LogP contribution in [0.4, 0.5) is 17.1 Å². The van der Waals surface area contributed by atoms with Gasteiger partial charge in [-0.1, -0.05) is 12.8 Å². The second-order valence-electron chi connectivity index (χ2n) is 7.91. The van der Waals surface area contributed by atoms with Gasteiger partial charge in [-0.3, -0.25) is 19.7 Å². The van der Waals surface area contributed by atoms with Crippen molar-refractivity contribution in [3.8, 4) is 5.75 Å². The predicted octanol–water partition coefficient (Wildman–Crippen LogP) is 3.35. The predicted molar refractivity (Wildman–Crippen MR) is 119 cm³/mol. The maximum atomic E-state index is 12.5. The van der Waals surface area contributed by atoms with Crippen LogP contribution in [0.3, 0.4) is 0 Å². The SMILES string of the molecule is O=C1COc2ccc(C(=O)COC(=O)c3ccc(N4CCCCCC4)c([N+](=O)[O-])c3)cc2N1. The van der Waals surface area contributed by atoms with E-state index in [9.17, 15) is 24.5 Å². The average molecular weight is 453 g/mol. The Hall–Kier alpha value is -3.95. The van der Waals surface area contributed by atoms with Gasteiger partial charge in [0.25, 0.3) is 11.6 Å². The summed E-state index contributed by atoms with van der Waals surface area (Å²) < 4.78 is 10.4. The number of carbonyl (C=O) groups is 3. The molecular weight excluding hydrogens is 430 g/mol. The molecule has 1 amide bonds. The van der Waals surface area contributed by atoms with Crippen LogP contribution in [0.5, 0.6) is 5.75 Å². The van der Waals surface area contributed by atoms with E-state index in [0.717, 1.165) is 38.8 Å². The first kappa shape index (κ1) is 22.3. The first-order chi connectivity index (χ1) is 15.9. The van der Waals surface area contributed by atoms with Gasteiger partial charge in [0.15, 0.2) is 19.0 Å². The van der Waals surface area contributed by atoms with Crippen molar-refractivity contribution in [1.29, 1.82) is 0 Å². The number of hydrogen-bond donors (Lipinski definition) is 1. The molecule has 2 aliphatic heterocycles. The van der Waals surface area contributed by atoms with Crippen LogP contribution in [0.1, 0.15) is 46.4 Å². The summed E-state index contributed by atoms with van der Waals surface area (Å²) in [7, 11) is 0. The Morgan fingerprint density at radius 3 is 2.52 bits per heavy atom. The minimum Gasteiger partial charge on any atom is -0.482 e. The molecule has 33 heavy (non-hydrogen) atoms. The molecule has 0 unspecified atom stereocenters. The van der Waals surface area contributed by atoms with E-state index in [2.05, 4.69) is 5.32 Å². The van der Waals surface area contributed by atoms with Gasteiger partial charge in [0.2, 0.25) is 0 Å². The smallest absolute Gasteiger partial charge is 0.338 e. The van der Waals surface area contributed by atoms with Gasteiger partial charge in [0.1, 0.15) is 11.4 Å². The molecule has 1 N–H and O–H groups in total. The van der Waals surface area contributed by atoms with E-state index in [1.165, 1.54) is 24.3 Å². The molecule has 0 aliphatic carbocycles. The molecule has 0 spiro atoms. The number of anilines is 2. The second-order valence-corrected chi connectivity index (χ2v) is 7.91. The van der Waals surface area contributed by atoms with Crippen molar-refractivity contribution >= 4 is 34.7 Å². The molecule has 2 aromatic carbocycles. The van der Waals surface area contributed by atoms with Crippen LogP contribution in [0.2, 0.25) is 0 Å². The highest BCUT2D eigenvalue weighted by Gasteiger charge is 2.24. The summed E-state index contributed by atoms with van der Waals surface area (Å²) >= 11 is 0. The topological polar surface area (TPSA) is 128 Å². The van der Waals surface area contributed by atoms with Gasteiger partial charge in [-0.2, -0.15) is 0 Å². The Balaban J connectivity index is 1.44. The number of amides is 1. The summed E-state index contributed by atoms with van der Waals surface area (Å²) in [5, 5.41) is 14.3. The van der Waals surface area contributed by atoms with Gasteiger partial charge in [0, 0.05) is 24.7 Å². The Morgan fingerprint density at radius 2 is 1.79 bits per heavy atom. The van der Waals surface area contributed by atoms with E-state index in [-0.39, 0.29) is 29.3 Å². The maximum Gasteiger partial charge on any atom is 0.338 e. The highest BCUT2D eigenvalue weighted by molar-refractivity contribution is 6.02. The van der Waals surface area contributed by atoms with Crippen LogP contribution in [0.15, 0.2) is 36.4 Å². The number of ketones is 1. The summed E-state index contributed by atoms with van der Waals surface area (Å²) in [6, 6.07) is 8.74. The molecule has 4 rings (SSSR count). The number of hydrogen-bond acceptors (Lipinski definition) is 8. The van der Waals surface area contributed by atoms with E-state index < -0.39 is 23.3 Å². The number of Topliss-reactive ketones (excluding diaryl/α,β-unsaturated/α-hetero) is 1. The third-order valence-electron chi connectivity index (χ3n) is 5.62. The molecule has 2 aliphatic rings. The molecule has 0 bridgehead atoms. The second kappa shape index (κ2) is 9.68. The molecule has 10 heteroatoms. The number of nitrogens with zero attached hydrogens (tertiary/aromatic N) is 2. The number of nitro groups is 1. The number of benzene rings is 2. The molecule has 0 saturated carbocycles. The monoisotopic (exact) mass is 453 g/mol. The first-order valence-corrected chi connectivity index (χ1v) is 10.7. The molecule has 0 atom stereocenters. The standard InChI is InChI=1S/C23H23N3O7/c27-20(15-6-8-21-17(11-15)24-22(28)14-32-21)13-33-23(29)16-5-7-18(19(12-16)26(30)31)25-9-3-1-2-4-10-25/h5-8,11-12H,1-4,9-10,13-14H2,(H,24,28). The Kier molecular flexibility index (Phi) is 6.53. The van der Waals surface area contributed by atoms with Crippen LogP contribution in [0.25, 0.3) is 0 Å². The summed E-state index contributed by atoms with van der Waals surface area (Å²) in [5.74, 6) is -1.20. The van der Waals surface area contributed by atoms with Gasteiger partial charge in [0.05, 0.1) is 16.2 Å². The van der Waals surface area contributed by atoms with Gasteiger partial charge in [-0.05, 0) is 43.2 Å². The highest BCUT2D eigenvalue weighted by Crippen LogP contribution is 2.32. The number of nitro benzene ring substituents is 1. The van der Waals surface area contributed by atoms with E-state index in [0.29, 0.717) is 17.1 Å². The fraction of sp³-hybridized carbons (Fsp3) is 0.348. The zero-order chi connectivity index (χ0) is 23.4. The fourth-order valence-electron chi connectivity index (χ4n) is 3.93. The summed E-state index contributed by atoms with van der Waals surface area (Å²) in [5.41, 5.74) is 0.910. The molecule has 172 valence electrons.